The largest absolute Gasteiger partial charge is 0.0776 e. The van der Waals surface area contributed by atoms with Crippen molar-refractivity contribution in [2.45, 2.75) is 158 Å². The molecule has 0 aromatic heterocycles. The fourth-order valence-electron chi connectivity index (χ4n) is 4.34. The van der Waals surface area contributed by atoms with Crippen LogP contribution in [0.2, 0.25) is 0 Å². The quantitative estimate of drug-likeness (QED) is 0.321. The van der Waals surface area contributed by atoms with E-state index in [4.69, 9.17) is 0 Å². The summed E-state index contributed by atoms with van der Waals surface area (Å²) in [4.78, 5) is 0. The molecule has 0 atom stereocenters. The molecule has 34 heavy (non-hydrogen) atoms. The minimum atomic E-state index is 0. The van der Waals surface area contributed by atoms with Crippen LogP contribution in [0.5, 0.6) is 0 Å². The molecule has 0 amide bonds. The predicted octanol–water partition coefficient (Wildman–Crippen LogP) is 12.7. The zero-order valence-corrected chi connectivity index (χ0v) is 27.3. The Labute approximate surface area is 222 Å². The highest BCUT2D eigenvalue weighted by Gasteiger charge is 2.47. The van der Waals surface area contributed by atoms with Gasteiger partial charge in [0.05, 0.1) is 0 Å². The molecule has 1 aliphatic carbocycles. The van der Waals surface area contributed by atoms with E-state index in [0.717, 1.165) is 58.7 Å². The topological polar surface area (TPSA) is 0 Å². The first-order valence-electron chi connectivity index (χ1n) is 14.7. The molecule has 212 valence electrons. The van der Waals surface area contributed by atoms with E-state index in [1.807, 2.05) is 0 Å². The van der Waals surface area contributed by atoms with Crippen LogP contribution in [0.25, 0.3) is 0 Å². The van der Waals surface area contributed by atoms with Crippen LogP contribution in [-0.2, 0) is 0 Å². The van der Waals surface area contributed by atoms with Gasteiger partial charge in [-0.2, -0.15) is 0 Å². The summed E-state index contributed by atoms with van der Waals surface area (Å²) < 4.78 is 0. The van der Waals surface area contributed by atoms with Crippen LogP contribution in [-0.4, -0.2) is 0 Å². The first kappa shape index (κ1) is 41.1. The molecule has 0 aliphatic heterocycles. The summed E-state index contributed by atoms with van der Waals surface area (Å²) in [5, 5.41) is 0. The first-order valence-corrected chi connectivity index (χ1v) is 14.7. The molecule has 0 aromatic rings. The molecular formula is C34H76. The molecule has 0 spiro atoms. The maximum Gasteiger partial charge on any atom is -0.0251 e. The van der Waals surface area contributed by atoms with E-state index < -0.39 is 0 Å². The maximum absolute atomic E-state index is 2.35. The van der Waals surface area contributed by atoms with E-state index >= 15 is 0 Å². The summed E-state index contributed by atoms with van der Waals surface area (Å²) in [6, 6.07) is 0. The monoisotopic (exact) mass is 485 g/mol. The summed E-state index contributed by atoms with van der Waals surface area (Å²) >= 11 is 0. The molecule has 1 rings (SSSR count). The first-order chi connectivity index (χ1) is 14.7. The van der Waals surface area contributed by atoms with E-state index in [1.54, 1.807) is 0 Å². The molecule has 0 heterocycles. The maximum atomic E-state index is 2.35. The second-order valence-electron chi connectivity index (χ2n) is 14.5. The highest BCUT2D eigenvalue weighted by atomic mass is 14.5. The van der Waals surface area contributed by atoms with Crippen molar-refractivity contribution in [2.75, 3.05) is 0 Å². The van der Waals surface area contributed by atoms with Gasteiger partial charge in [0.15, 0.2) is 0 Å². The lowest BCUT2D eigenvalue weighted by molar-refractivity contribution is 0.165. The van der Waals surface area contributed by atoms with Crippen molar-refractivity contribution in [3.63, 3.8) is 0 Å². The van der Waals surface area contributed by atoms with Gasteiger partial charge in [-0.15, -0.1) is 0 Å². The summed E-state index contributed by atoms with van der Waals surface area (Å²) in [5.41, 5.74) is 1.25. The van der Waals surface area contributed by atoms with Gasteiger partial charge in [-0.05, 0) is 83.4 Å². The molecule has 0 saturated heterocycles. The average molecular weight is 485 g/mol. The molecule has 1 saturated carbocycles. The lowest BCUT2D eigenvalue weighted by atomic mass is 9.72. The SMILES string of the molecule is C.CC(C)C(C)(C)C(C)C.CC(C)C(C)C(C)C.CC(C)C1(C(C)C)CC1.CC(C)CC(C)C. The fourth-order valence-corrected chi connectivity index (χ4v) is 4.34. The van der Waals surface area contributed by atoms with E-state index in [1.165, 1.54) is 19.3 Å². The highest BCUT2D eigenvalue weighted by molar-refractivity contribution is 4.97. The minimum Gasteiger partial charge on any atom is -0.0776 e. The van der Waals surface area contributed by atoms with Gasteiger partial charge < -0.3 is 0 Å². The van der Waals surface area contributed by atoms with Crippen molar-refractivity contribution >= 4 is 0 Å². The molecule has 0 nitrogen and oxygen atoms in total. The van der Waals surface area contributed by atoms with Gasteiger partial charge in [0, 0.05) is 0 Å². The summed E-state index contributed by atoms with van der Waals surface area (Å²) in [6.07, 6.45) is 4.31. The Bertz CT molecular complexity index is 379. The van der Waals surface area contributed by atoms with Crippen LogP contribution in [0.1, 0.15) is 158 Å². The van der Waals surface area contributed by atoms with Crippen molar-refractivity contribution < 1.29 is 0 Å². The molecule has 1 aliphatic rings. The van der Waals surface area contributed by atoms with Crippen molar-refractivity contribution in [2.24, 2.45) is 64.1 Å². The third-order valence-corrected chi connectivity index (χ3v) is 9.15. The van der Waals surface area contributed by atoms with Crippen molar-refractivity contribution in [3.8, 4) is 0 Å². The molecule has 0 unspecified atom stereocenters. The van der Waals surface area contributed by atoms with Gasteiger partial charge >= 0.3 is 0 Å². The van der Waals surface area contributed by atoms with Crippen LogP contribution in [0.4, 0.5) is 0 Å². The molecule has 1 fully saturated rings. The number of rotatable bonds is 8. The van der Waals surface area contributed by atoms with Crippen molar-refractivity contribution in [1.82, 2.24) is 0 Å². The Morgan fingerprint density at radius 2 is 0.794 bits per heavy atom. The van der Waals surface area contributed by atoms with Crippen LogP contribution in [0.15, 0.2) is 0 Å². The third kappa shape index (κ3) is 18.3. The van der Waals surface area contributed by atoms with E-state index in [2.05, 4.69) is 132 Å². The highest BCUT2D eigenvalue weighted by Crippen LogP contribution is 2.57. The molecule has 0 bridgehead atoms. The van der Waals surface area contributed by atoms with Gasteiger partial charge in [0.1, 0.15) is 0 Å². The smallest absolute Gasteiger partial charge is 0.0251 e. The molecule has 0 N–H and O–H groups in total. The average Bonchev–Trinajstić information content (AvgIpc) is 3.43. The second kappa shape index (κ2) is 19.2. The van der Waals surface area contributed by atoms with Crippen LogP contribution >= 0.6 is 0 Å². The number of hydrogen-bond donors (Lipinski definition) is 0. The summed E-state index contributed by atoms with van der Waals surface area (Å²) in [5.74, 6) is 7.69. The third-order valence-electron chi connectivity index (χ3n) is 9.15. The molecule has 0 aromatic carbocycles. The number of hydrogen-bond acceptors (Lipinski definition) is 0. The Kier molecular flexibility index (Phi) is 23.2. The summed E-state index contributed by atoms with van der Waals surface area (Å²) in [7, 11) is 0. The predicted molar refractivity (Wildman–Crippen MR) is 165 cm³/mol. The van der Waals surface area contributed by atoms with E-state index in [0.29, 0.717) is 5.41 Å². The zero-order chi connectivity index (χ0) is 27.3. The second-order valence-corrected chi connectivity index (χ2v) is 14.5. The normalized spacial score (nSPS) is 14.8. The Hall–Kier alpha value is 0. The lowest BCUT2D eigenvalue weighted by Crippen LogP contribution is -2.25. The Morgan fingerprint density at radius 3 is 0.794 bits per heavy atom. The standard InChI is InChI=1S/C9H18.C9H20.C8H18.C7H16.CH4/c1-7(2)9(5-6-9)8(3)4;1-7(2)9(5,6)8(3)4;1-6(2)8(5)7(3)4;1-6(2)5-7(3)4;/h7-8H,5-6H2,1-4H3;7-8H,1-6H3;6-8H,1-5H3;6-7H,5H2,1-4H3;1H4. The molecular weight excluding hydrogens is 408 g/mol. The zero-order valence-electron chi connectivity index (χ0n) is 27.3. The fraction of sp³-hybridized carbons (Fsp3) is 1.00. The van der Waals surface area contributed by atoms with Gasteiger partial charge in [-0.1, -0.05) is 139 Å². The Morgan fingerprint density at radius 1 is 0.529 bits per heavy atom. The summed E-state index contributed by atoms with van der Waals surface area (Å²) in [6.45, 7) is 43.8. The van der Waals surface area contributed by atoms with Crippen LogP contribution in [0.3, 0.4) is 0 Å². The van der Waals surface area contributed by atoms with Gasteiger partial charge in [-0.25, -0.2) is 0 Å². The lowest BCUT2D eigenvalue weighted by Gasteiger charge is -2.33. The van der Waals surface area contributed by atoms with Crippen LogP contribution < -0.4 is 0 Å². The van der Waals surface area contributed by atoms with E-state index in [9.17, 15) is 0 Å². The molecule has 0 heteroatoms. The van der Waals surface area contributed by atoms with Gasteiger partial charge in [-0.3, -0.25) is 0 Å². The molecule has 0 radical (unpaired) electrons. The Balaban J connectivity index is -0.000000176. The van der Waals surface area contributed by atoms with Gasteiger partial charge in [0.2, 0.25) is 0 Å². The minimum absolute atomic E-state index is 0. The van der Waals surface area contributed by atoms with Crippen LogP contribution in [0, 0.1) is 64.1 Å². The van der Waals surface area contributed by atoms with E-state index in [-0.39, 0.29) is 7.43 Å². The van der Waals surface area contributed by atoms with Crippen molar-refractivity contribution in [1.29, 1.82) is 0 Å². The van der Waals surface area contributed by atoms with Crippen molar-refractivity contribution in [3.05, 3.63) is 0 Å². The van der Waals surface area contributed by atoms with Gasteiger partial charge in [0.25, 0.3) is 0 Å².